The van der Waals surface area contributed by atoms with E-state index >= 15 is 0 Å². The van der Waals surface area contributed by atoms with Crippen LogP contribution in [-0.4, -0.2) is 62.1 Å². The van der Waals surface area contributed by atoms with Gasteiger partial charge in [-0.15, -0.1) is 5.10 Å². The molecule has 31 heavy (non-hydrogen) atoms. The van der Waals surface area contributed by atoms with Crippen molar-refractivity contribution in [2.24, 2.45) is 0 Å². The molecular formula is C21H24N6O3S. The third-order valence-corrected chi connectivity index (χ3v) is 6.55. The Morgan fingerprint density at radius 2 is 1.90 bits per heavy atom. The molecule has 0 atom stereocenters. The van der Waals surface area contributed by atoms with Crippen LogP contribution in [0.15, 0.2) is 69.0 Å². The van der Waals surface area contributed by atoms with E-state index in [9.17, 15) is 8.42 Å². The maximum atomic E-state index is 13.5. The minimum atomic E-state index is -3.88. The number of aromatic nitrogens is 3. The fraction of sp³-hybridized carbons (Fsp3) is 0.238. The Labute approximate surface area is 180 Å². The molecule has 0 saturated carbocycles. The molecular weight excluding hydrogens is 416 g/mol. The van der Waals surface area contributed by atoms with Crippen molar-refractivity contribution in [3.8, 4) is 11.5 Å². The highest BCUT2D eigenvalue weighted by molar-refractivity contribution is 7.91. The highest BCUT2D eigenvalue weighted by atomic mass is 32.2. The molecule has 0 fully saturated rings. The number of benzene rings is 1. The Bertz CT molecular complexity index is 1280. The van der Waals surface area contributed by atoms with E-state index in [0.29, 0.717) is 23.8 Å². The van der Waals surface area contributed by atoms with Crippen LogP contribution in [0.1, 0.15) is 0 Å². The molecule has 0 bridgehead atoms. The molecule has 0 amide bonds. The van der Waals surface area contributed by atoms with Gasteiger partial charge in [-0.1, -0.05) is 18.2 Å². The predicted octanol–water partition coefficient (Wildman–Crippen LogP) is 2.84. The summed E-state index contributed by atoms with van der Waals surface area (Å²) >= 11 is 0. The molecule has 1 aromatic carbocycles. The maximum Gasteiger partial charge on any atom is 0.214 e. The number of fused-ring (bicyclic) bond motifs is 1. The summed E-state index contributed by atoms with van der Waals surface area (Å²) in [6.07, 6.45) is 1.55. The molecule has 9 nitrogen and oxygen atoms in total. The summed E-state index contributed by atoms with van der Waals surface area (Å²) in [5, 5.41) is 10.7. The van der Waals surface area contributed by atoms with Crippen molar-refractivity contribution in [2.45, 2.75) is 9.79 Å². The summed E-state index contributed by atoms with van der Waals surface area (Å²) in [6, 6.07) is 13.6. The lowest BCUT2D eigenvalue weighted by Gasteiger charge is -2.13. The van der Waals surface area contributed by atoms with Crippen molar-refractivity contribution in [1.29, 1.82) is 0 Å². The van der Waals surface area contributed by atoms with E-state index in [2.05, 4.69) is 20.7 Å². The molecule has 162 valence electrons. The topological polar surface area (TPSA) is 105 Å². The average Bonchev–Trinajstić information content (AvgIpc) is 3.42. The smallest absolute Gasteiger partial charge is 0.214 e. The van der Waals surface area contributed by atoms with Crippen LogP contribution in [0, 0.1) is 0 Å². The van der Waals surface area contributed by atoms with Gasteiger partial charge in [-0.05, 0) is 38.4 Å². The number of sulfone groups is 1. The number of likely N-dealkylation sites (N-methyl/N-ethyl adjacent to an activating group) is 1. The Balaban J connectivity index is 1.95. The molecule has 3 aromatic heterocycles. The summed E-state index contributed by atoms with van der Waals surface area (Å²) in [4.78, 5) is 6.86. The van der Waals surface area contributed by atoms with E-state index in [1.165, 1.54) is 4.52 Å². The molecule has 0 saturated heterocycles. The minimum absolute atomic E-state index is 0.0188. The molecule has 0 aliphatic carbocycles. The van der Waals surface area contributed by atoms with E-state index in [1.54, 1.807) is 61.8 Å². The summed E-state index contributed by atoms with van der Waals surface area (Å²) in [5.74, 6) is 1.38. The molecule has 4 aromatic rings. The second-order valence-corrected chi connectivity index (χ2v) is 9.10. The molecule has 0 aliphatic rings. The predicted molar refractivity (Wildman–Crippen MR) is 119 cm³/mol. The number of hydrogen-bond acceptors (Lipinski definition) is 8. The Hall–Kier alpha value is -3.37. The van der Waals surface area contributed by atoms with E-state index < -0.39 is 9.84 Å². The highest BCUT2D eigenvalue weighted by Gasteiger charge is 2.29. The van der Waals surface area contributed by atoms with Crippen LogP contribution in [0.2, 0.25) is 0 Å². The largest absolute Gasteiger partial charge is 0.463 e. The van der Waals surface area contributed by atoms with Gasteiger partial charge in [-0.25, -0.2) is 13.4 Å². The first-order valence-corrected chi connectivity index (χ1v) is 11.2. The summed E-state index contributed by atoms with van der Waals surface area (Å²) < 4.78 is 34.1. The second kappa shape index (κ2) is 8.40. The van der Waals surface area contributed by atoms with E-state index in [4.69, 9.17) is 4.42 Å². The van der Waals surface area contributed by atoms with Crippen LogP contribution in [-0.2, 0) is 9.84 Å². The van der Waals surface area contributed by atoms with E-state index in [-0.39, 0.29) is 21.3 Å². The first-order valence-electron chi connectivity index (χ1n) is 9.76. The first-order chi connectivity index (χ1) is 14.9. The maximum absolute atomic E-state index is 13.5. The molecule has 0 unspecified atom stereocenters. The van der Waals surface area contributed by atoms with Gasteiger partial charge in [0.25, 0.3) is 0 Å². The number of hydrogen-bond donors (Lipinski definition) is 2. The zero-order chi connectivity index (χ0) is 22.0. The molecule has 10 heteroatoms. The summed E-state index contributed by atoms with van der Waals surface area (Å²) in [5.41, 5.74) is 0.728. The SMILES string of the molecule is CNc1nn2c(NCCN(C)C)cc(-c3ccco3)nc2c1S(=O)(=O)c1ccccc1. The quantitative estimate of drug-likeness (QED) is 0.431. The van der Waals surface area contributed by atoms with Crippen molar-refractivity contribution in [1.82, 2.24) is 19.5 Å². The average molecular weight is 441 g/mol. The second-order valence-electron chi connectivity index (χ2n) is 7.21. The molecule has 4 rings (SSSR count). The first kappa shape index (κ1) is 20.9. The van der Waals surface area contributed by atoms with Crippen LogP contribution >= 0.6 is 0 Å². The number of furan rings is 1. The van der Waals surface area contributed by atoms with E-state index in [0.717, 1.165) is 6.54 Å². The van der Waals surface area contributed by atoms with Crippen molar-refractivity contribution in [3.05, 3.63) is 54.8 Å². The monoisotopic (exact) mass is 440 g/mol. The van der Waals surface area contributed by atoms with E-state index in [1.807, 2.05) is 19.0 Å². The fourth-order valence-electron chi connectivity index (χ4n) is 3.21. The number of nitrogens with zero attached hydrogens (tertiary/aromatic N) is 4. The van der Waals surface area contributed by atoms with Crippen LogP contribution in [0.4, 0.5) is 11.6 Å². The number of anilines is 2. The van der Waals surface area contributed by atoms with Gasteiger partial charge >= 0.3 is 0 Å². The number of nitrogens with one attached hydrogen (secondary N) is 2. The summed E-state index contributed by atoms with van der Waals surface area (Å²) in [7, 11) is 1.72. The van der Waals surface area contributed by atoms with Crippen LogP contribution in [0.5, 0.6) is 0 Å². The zero-order valence-electron chi connectivity index (χ0n) is 17.5. The van der Waals surface area contributed by atoms with Gasteiger partial charge in [0, 0.05) is 26.2 Å². The van der Waals surface area contributed by atoms with Gasteiger partial charge in [0.05, 0.1) is 11.2 Å². The number of rotatable bonds is 8. The Morgan fingerprint density at radius 1 is 1.13 bits per heavy atom. The zero-order valence-corrected chi connectivity index (χ0v) is 18.3. The van der Waals surface area contributed by atoms with Crippen molar-refractivity contribution < 1.29 is 12.8 Å². The van der Waals surface area contributed by atoms with Crippen LogP contribution < -0.4 is 10.6 Å². The Kier molecular flexibility index (Phi) is 5.66. The fourth-order valence-corrected chi connectivity index (χ4v) is 4.73. The normalized spacial score (nSPS) is 11.9. The van der Waals surface area contributed by atoms with Crippen LogP contribution in [0.3, 0.4) is 0 Å². The van der Waals surface area contributed by atoms with Gasteiger partial charge in [0.2, 0.25) is 9.84 Å². The molecule has 0 radical (unpaired) electrons. The van der Waals surface area contributed by atoms with Crippen molar-refractivity contribution >= 4 is 27.1 Å². The molecule has 2 N–H and O–H groups in total. The van der Waals surface area contributed by atoms with Crippen molar-refractivity contribution in [3.63, 3.8) is 0 Å². The van der Waals surface area contributed by atoms with Gasteiger partial charge in [0.1, 0.15) is 11.5 Å². The Morgan fingerprint density at radius 3 is 2.55 bits per heavy atom. The van der Waals surface area contributed by atoms with Gasteiger partial charge in [0.15, 0.2) is 22.1 Å². The third kappa shape index (κ3) is 3.99. The van der Waals surface area contributed by atoms with Gasteiger partial charge in [-0.2, -0.15) is 4.52 Å². The van der Waals surface area contributed by atoms with Crippen molar-refractivity contribution in [2.75, 3.05) is 44.9 Å². The lowest BCUT2D eigenvalue weighted by molar-refractivity contribution is 0.425. The molecule has 0 spiro atoms. The van der Waals surface area contributed by atoms with Gasteiger partial charge in [-0.3, -0.25) is 0 Å². The highest BCUT2D eigenvalue weighted by Crippen LogP contribution is 2.33. The summed E-state index contributed by atoms with van der Waals surface area (Å²) in [6.45, 7) is 1.43. The minimum Gasteiger partial charge on any atom is -0.463 e. The van der Waals surface area contributed by atoms with Crippen LogP contribution in [0.25, 0.3) is 17.1 Å². The third-order valence-electron chi connectivity index (χ3n) is 4.74. The lowest BCUT2D eigenvalue weighted by atomic mass is 10.3. The standard InChI is InChI=1S/C21H24N6O3S/c1-22-20-19(31(28,29)15-8-5-4-6-9-15)21-24-16(17-10-7-13-30-17)14-18(27(21)25-20)23-11-12-26(2)3/h4-10,13-14,23H,11-12H2,1-3H3,(H,22,25). The lowest BCUT2D eigenvalue weighted by Crippen LogP contribution is -2.21. The molecule has 0 aliphatic heterocycles. The van der Waals surface area contributed by atoms with Gasteiger partial charge < -0.3 is 20.0 Å². The molecule has 3 heterocycles.